The Labute approximate surface area is 111 Å². The molecular weight excluding hydrogens is 246 g/mol. The normalized spacial score (nSPS) is 19.4. The van der Waals surface area contributed by atoms with Crippen LogP contribution in [0.3, 0.4) is 0 Å². The summed E-state index contributed by atoms with van der Waals surface area (Å²) in [6, 6.07) is -0.679. The predicted octanol–water partition coefficient (Wildman–Crippen LogP) is 0.980. The summed E-state index contributed by atoms with van der Waals surface area (Å²) in [7, 11) is 0. The lowest BCUT2D eigenvalue weighted by Gasteiger charge is -2.32. The number of aliphatic carboxylic acids is 1. The molecule has 1 aliphatic heterocycles. The van der Waals surface area contributed by atoms with E-state index >= 15 is 0 Å². The van der Waals surface area contributed by atoms with Gasteiger partial charge in [-0.1, -0.05) is 6.92 Å². The number of imidazole rings is 1. The molecule has 1 atom stereocenters. The minimum absolute atomic E-state index is 0.143. The van der Waals surface area contributed by atoms with E-state index in [2.05, 4.69) is 9.97 Å². The fourth-order valence-corrected chi connectivity index (χ4v) is 2.41. The number of aromatic amines is 1. The highest BCUT2D eigenvalue weighted by molar-refractivity contribution is 5.84. The fraction of sp³-hybridized carbons (Fsp3) is 0.615. The number of aryl methyl sites for hydroxylation is 1. The van der Waals surface area contributed by atoms with Crippen LogP contribution in [0, 0.1) is 0 Å². The van der Waals surface area contributed by atoms with Crippen molar-refractivity contribution in [2.24, 2.45) is 0 Å². The summed E-state index contributed by atoms with van der Waals surface area (Å²) in [5.41, 5.74) is 0.983. The lowest BCUT2D eigenvalue weighted by molar-refractivity contribution is -0.151. The molecule has 0 bridgehead atoms. The molecule has 1 amide bonds. The van der Waals surface area contributed by atoms with E-state index in [1.807, 2.05) is 6.92 Å². The van der Waals surface area contributed by atoms with Gasteiger partial charge in [-0.25, -0.2) is 9.78 Å². The Balaban J connectivity index is 2.03. The molecule has 2 N–H and O–H groups in total. The number of carboxylic acids is 1. The first-order valence-electron chi connectivity index (χ1n) is 6.67. The highest BCUT2D eigenvalue weighted by atomic mass is 16.4. The van der Waals surface area contributed by atoms with Crippen LogP contribution in [0.1, 0.15) is 37.7 Å². The first-order valence-corrected chi connectivity index (χ1v) is 6.67. The maximum Gasteiger partial charge on any atom is 0.326 e. The third-order valence-corrected chi connectivity index (χ3v) is 3.49. The molecule has 2 heterocycles. The number of nitrogens with zero attached hydrogens (tertiary/aromatic N) is 2. The van der Waals surface area contributed by atoms with Crippen molar-refractivity contribution >= 4 is 11.9 Å². The molecule has 2 rings (SSSR count). The van der Waals surface area contributed by atoms with Gasteiger partial charge < -0.3 is 15.0 Å². The van der Waals surface area contributed by atoms with Crippen LogP contribution in [0.2, 0.25) is 0 Å². The number of carboxylic acid groups (broad SMARTS) is 1. The second kappa shape index (κ2) is 5.86. The Bertz CT molecular complexity index is 469. The Kier molecular flexibility index (Phi) is 4.19. The van der Waals surface area contributed by atoms with Crippen molar-refractivity contribution in [1.29, 1.82) is 0 Å². The zero-order valence-electron chi connectivity index (χ0n) is 11.1. The van der Waals surface area contributed by atoms with E-state index in [0.717, 1.165) is 25.0 Å². The topological polar surface area (TPSA) is 86.3 Å². The third kappa shape index (κ3) is 3.13. The Hall–Kier alpha value is -1.85. The number of carbonyl (C=O) groups is 2. The van der Waals surface area contributed by atoms with Crippen LogP contribution in [0.5, 0.6) is 0 Å². The highest BCUT2D eigenvalue weighted by Gasteiger charge is 2.31. The van der Waals surface area contributed by atoms with E-state index < -0.39 is 12.0 Å². The lowest BCUT2D eigenvalue weighted by Crippen LogP contribution is -2.48. The van der Waals surface area contributed by atoms with E-state index in [1.54, 1.807) is 6.20 Å². The van der Waals surface area contributed by atoms with Crippen LogP contribution in [0.4, 0.5) is 0 Å². The zero-order valence-corrected chi connectivity index (χ0v) is 11.1. The molecule has 0 radical (unpaired) electrons. The number of piperidine rings is 1. The van der Waals surface area contributed by atoms with Gasteiger partial charge in [0, 0.05) is 18.4 Å². The van der Waals surface area contributed by atoms with Crippen molar-refractivity contribution in [2.75, 3.05) is 6.54 Å². The van der Waals surface area contributed by atoms with Crippen molar-refractivity contribution in [2.45, 2.75) is 45.1 Å². The van der Waals surface area contributed by atoms with Gasteiger partial charge in [-0.15, -0.1) is 0 Å². The predicted molar refractivity (Wildman–Crippen MR) is 68.7 cm³/mol. The number of likely N-dealkylation sites (tertiary alicyclic amines) is 1. The van der Waals surface area contributed by atoms with Gasteiger partial charge in [0.2, 0.25) is 5.91 Å². The maximum atomic E-state index is 12.2. The number of hydrogen-bond donors (Lipinski definition) is 2. The maximum absolute atomic E-state index is 12.2. The van der Waals surface area contributed by atoms with Gasteiger partial charge in [-0.3, -0.25) is 4.79 Å². The lowest BCUT2D eigenvalue weighted by atomic mass is 10.0. The molecule has 1 aromatic rings. The second-order valence-corrected chi connectivity index (χ2v) is 4.82. The van der Waals surface area contributed by atoms with E-state index in [-0.39, 0.29) is 12.3 Å². The van der Waals surface area contributed by atoms with Crippen molar-refractivity contribution in [3.8, 4) is 0 Å². The van der Waals surface area contributed by atoms with E-state index in [0.29, 0.717) is 18.8 Å². The number of carbonyl (C=O) groups excluding carboxylic acids is 1. The monoisotopic (exact) mass is 265 g/mol. The molecule has 6 heteroatoms. The standard InChI is InChI=1S/C13H19N3O3/c1-2-9-8-14-11(15-9)7-12(17)16-6-4-3-5-10(16)13(18)19/h8,10H,2-7H2,1H3,(H,14,15)(H,18,19)/t10-/m1/s1. The summed E-state index contributed by atoms with van der Waals surface area (Å²) in [6.45, 7) is 2.53. The first-order chi connectivity index (χ1) is 9.11. The van der Waals surface area contributed by atoms with Crippen LogP contribution in [-0.4, -0.2) is 44.4 Å². The molecule has 1 aromatic heterocycles. The van der Waals surface area contributed by atoms with E-state index in [9.17, 15) is 9.59 Å². The van der Waals surface area contributed by atoms with Gasteiger partial charge in [0.25, 0.3) is 0 Å². The molecule has 0 aromatic carbocycles. The van der Waals surface area contributed by atoms with Gasteiger partial charge in [0.1, 0.15) is 11.9 Å². The van der Waals surface area contributed by atoms with Gasteiger partial charge in [0.05, 0.1) is 6.42 Å². The number of hydrogen-bond acceptors (Lipinski definition) is 3. The second-order valence-electron chi connectivity index (χ2n) is 4.82. The average Bonchev–Trinajstić information content (AvgIpc) is 2.86. The van der Waals surface area contributed by atoms with Crippen molar-refractivity contribution in [3.63, 3.8) is 0 Å². The minimum Gasteiger partial charge on any atom is -0.480 e. The highest BCUT2D eigenvalue weighted by Crippen LogP contribution is 2.18. The molecule has 19 heavy (non-hydrogen) atoms. The molecule has 0 spiro atoms. The molecule has 1 saturated heterocycles. The number of H-pyrrole nitrogens is 1. The van der Waals surface area contributed by atoms with Crippen LogP contribution in [-0.2, 0) is 22.4 Å². The van der Waals surface area contributed by atoms with Gasteiger partial charge >= 0.3 is 5.97 Å². The summed E-state index contributed by atoms with van der Waals surface area (Å²) in [5.74, 6) is -0.470. The molecule has 1 fully saturated rings. The number of nitrogens with one attached hydrogen (secondary N) is 1. The number of amides is 1. The molecule has 6 nitrogen and oxygen atoms in total. The first kappa shape index (κ1) is 13.6. The summed E-state index contributed by atoms with van der Waals surface area (Å²) < 4.78 is 0. The molecule has 0 unspecified atom stereocenters. The number of aromatic nitrogens is 2. The largest absolute Gasteiger partial charge is 0.480 e. The van der Waals surface area contributed by atoms with Crippen LogP contribution < -0.4 is 0 Å². The third-order valence-electron chi connectivity index (χ3n) is 3.49. The summed E-state index contributed by atoms with van der Waals surface area (Å²) in [6.07, 6.45) is 4.97. The van der Waals surface area contributed by atoms with Gasteiger partial charge in [0.15, 0.2) is 0 Å². The Morgan fingerprint density at radius 1 is 1.53 bits per heavy atom. The van der Waals surface area contributed by atoms with Crippen molar-refractivity contribution in [1.82, 2.24) is 14.9 Å². The van der Waals surface area contributed by atoms with Crippen LogP contribution in [0.25, 0.3) is 0 Å². The summed E-state index contributed by atoms with van der Waals surface area (Å²) in [4.78, 5) is 32.0. The molecule has 1 aliphatic rings. The van der Waals surface area contributed by atoms with Crippen LogP contribution in [0.15, 0.2) is 6.20 Å². The number of rotatable bonds is 4. The van der Waals surface area contributed by atoms with E-state index in [4.69, 9.17) is 5.11 Å². The van der Waals surface area contributed by atoms with Gasteiger partial charge in [-0.2, -0.15) is 0 Å². The van der Waals surface area contributed by atoms with Crippen molar-refractivity contribution in [3.05, 3.63) is 17.7 Å². The summed E-state index contributed by atoms with van der Waals surface area (Å²) in [5, 5.41) is 9.15. The van der Waals surface area contributed by atoms with E-state index in [1.165, 1.54) is 4.90 Å². The summed E-state index contributed by atoms with van der Waals surface area (Å²) >= 11 is 0. The zero-order chi connectivity index (χ0) is 13.8. The smallest absolute Gasteiger partial charge is 0.326 e. The minimum atomic E-state index is -0.915. The quantitative estimate of drug-likeness (QED) is 0.849. The average molecular weight is 265 g/mol. The van der Waals surface area contributed by atoms with Crippen molar-refractivity contribution < 1.29 is 14.7 Å². The fourth-order valence-electron chi connectivity index (χ4n) is 2.41. The molecular formula is C13H19N3O3. The Morgan fingerprint density at radius 3 is 2.95 bits per heavy atom. The van der Waals surface area contributed by atoms with Crippen LogP contribution >= 0.6 is 0 Å². The van der Waals surface area contributed by atoms with Gasteiger partial charge in [-0.05, 0) is 25.7 Å². The SMILES string of the molecule is CCc1cnc(CC(=O)N2CCCC[C@@H]2C(=O)O)[nH]1. The molecule has 0 saturated carbocycles. The Morgan fingerprint density at radius 2 is 2.32 bits per heavy atom. The molecule has 0 aliphatic carbocycles. The molecule has 104 valence electrons.